The Labute approximate surface area is 131 Å². The average Bonchev–Trinajstić information content (AvgIpc) is 3.37. The highest BCUT2D eigenvalue weighted by molar-refractivity contribution is 5.81. The summed E-state index contributed by atoms with van der Waals surface area (Å²) < 4.78 is 5.33. The molecule has 0 saturated carbocycles. The van der Waals surface area contributed by atoms with Gasteiger partial charge in [0.15, 0.2) is 0 Å². The van der Waals surface area contributed by atoms with Gasteiger partial charge in [0.05, 0.1) is 25.1 Å². The number of para-hydroxylation sites is 1. The molecular formula is C18H21N3O. The Balaban J connectivity index is 1.74. The Morgan fingerprint density at radius 1 is 1.05 bits per heavy atom. The molecule has 4 heteroatoms. The molecule has 22 heavy (non-hydrogen) atoms. The molecule has 1 fully saturated rings. The number of hydrazone groups is 1. The molecule has 1 unspecified atom stereocenters. The zero-order valence-electron chi connectivity index (χ0n) is 13.0. The molecule has 0 aliphatic carbocycles. The lowest BCUT2D eigenvalue weighted by atomic mass is 10.2. The molecular weight excluding hydrogens is 274 g/mol. The van der Waals surface area contributed by atoms with Crippen LogP contribution >= 0.6 is 0 Å². The molecule has 2 aromatic rings. The van der Waals surface area contributed by atoms with Crippen LogP contribution in [-0.4, -0.2) is 39.6 Å². The van der Waals surface area contributed by atoms with E-state index in [2.05, 4.69) is 46.4 Å². The number of epoxide rings is 1. The van der Waals surface area contributed by atoms with E-state index in [9.17, 15) is 0 Å². The monoisotopic (exact) mass is 295 g/mol. The highest BCUT2D eigenvalue weighted by atomic mass is 16.6. The lowest BCUT2D eigenvalue weighted by molar-refractivity contribution is 0.408. The van der Waals surface area contributed by atoms with E-state index in [4.69, 9.17) is 4.74 Å². The molecule has 0 N–H and O–H groups in total. The molecule has 0 radical (unpaired) electrons. The van der Waals surface area contributed by atoms with E-state index in [1.54, 1.807) is 0 Å². The van der Waals surface area contributed by atoms with Gasteiger partial charge in [0.1, 0.15) is 6.10 Å². The van der Waals surface area contributed by atoms with Crippen LogP contribution in [0.25, 0.3) is 0 Å². The summed E-state index contributed by atoms with van der Waals surface area (Å²) in [4.78, 5) is 2.08. The minimum atomic E-state index is 0.300. The SMILES string of the molecule is CN(C)c1ccc(/C=N/N(CC2CO2)c2ccccc2)cc1. The van der Waals surface area contributed by atoms with Crippen LogP contribution in [0.4, 0.5) is 11.4 Å². The smallest absolute Gasteiger partial charge is 0.101 e. The first-order valence-corrected chi connectivity index (χ1v) is 7.48. The third-order valence-corrected chi connectivity index (χ3v) is 3.59. The number of ether oxygens (including phenoxy) is 1. The normalized spacial score (nSPS) is 16.7. The van der Waals surface area contributed by atoms with E-state index >= 15 is 0 Å². The molecule has 0 aromatic heterocycles. The van der Waals surface area contributed by atoms with Gasteiger partial charge in [-0.1, -0.05) is 30.3 Å². The van der Waals surface area contributed by atoms with Crippen molar-refractivity contribution >= 4 is 17.6 Å². The van der Waals surface area contributed by atoms with Crippen LogP contribution in [0.1, 0.15) is 5.56 Å². The molecule has 1 atom stereocenters. The van der Waals surface area contributed by atoms with Crippen molar-refractivity contribution in [2.75, 3.05) is 37.2 Å². The second kappa shape index (κ2) is 6.62. The molecule has 1 heterocycles. The number of hydrogen-bond acceptors (Lipinski definition) is 4. The van der Waals surface area contributed by atoms with E-state index in [-0.39, 0.29) is 0 Å². The fraction of sp³-hybridized carbons (Fsp3) is 0.278. The van der Waals surface area contributed by atoms with Crippen molar-refractivity contribution in [3.8, 4) is 0 Å². The molecule has 3 rings (SSSR count). The molecule has 4 nitrogen and oxygen atoms in total. The molecule has 1 aliphatic heterocycles. The third kappa shape index (κ3) is 3.86. The number of anilines is 2. The Bertz CT molecular complexity index is 619. The van der Waals surface area contributed by atoms with Crippen molar-refractivity contribution in [1.82, 2.24) is 0 Å². The predicted octanol–water partition coefficient (Wildman–Crippen LogP) is 2.99. The van der Waals surface area contributed by atoms with Crippen LogP contribution in [0, 0.1) is 0 Å². The maximum Gasteiger partial charge on any atom is 0.101 e. The van der Waals surface area contributed by atoms with Gasteiger partial charge in [-0.15, -0.1) is 0 Å². The fourth-order valence-electron chi connectivity index (χ4n) is 2.18. The number of hydrogen-bond donors (Lipinski definition) is 0. The van der Waals surface area contributed by atoms with Gasteiger partial charge < -0.3 is 9.64 Å². The first kappa shape index (κ1) is 14.6. The molecule has 1 aliphatic rings. The van der Waals surface area contributed by atoms with Crippen molar-refractivity contribution in [2.45, 2.75) is 6.10 Å². The topological polar surface area (TPSA) is 31.4 Å². The first-order valence-electron chi connectivity index (χ1n) is 7.48. The van der Waals surface area contributed by atoms with Crippen molar-refractivity contribution in [3.63, 3.8) is 0 Å². The van der Waals surface area contributed by atoms with E-state index in [0.29, 0.717) is 6.10 Å². The van der Waals surface area contributed by atoms with Crippen molar-refractivity contribution in [2.24, 2.45) is 5.10 Å². The fourth-order valence-corrected chi connectivity index (χ4v) is 2.18. The summed E-state index contributed by atoms with van der Waals surface area (Å²) in [6, 6.07) is 18.5. The van der Waals surface area contributed by atoms with Crippen molar-refractivity contribution < 1.29 is 4.74 Å². The highest BCUT2D eigenvalue weighted by Gasteiger charge is 2.25. The van der Waals surface area contributed by atoms with Crippen LogP contribution in [0.2, 0.25) is 0 Å². The lowest BCUT2D eigenvalue weighted by Crippen LogP contribution is -2.22. The van der Waals surface area contributed by atoms with Crippen LogP contribution in [0.5, 0.6) is 0 Å². The molecule has 0 bridgehead atoms. The molecule has 0 amide bonds. The second-order valence-corrected chi connectivity index (χ2v) is 5.60. The van der Waals surface area contributed by atoms with Gasteiger partial charge >= 0.3 is 0 Å². The van der Waals surface area contributed by atoms with E-state index in [0.717, 1.165) is 24.4 Å². The quantitative estimate of drug-likeness (QED) is 0.466. The highest BCUT2D eigenvalue weighted by Crippen LogP contribution is 2.19. The summed E-state index contributed by atoms with van der Waals surface area (Å²) in [6.45, 7) is 1.62. The van der Waals surface area contributed by atoms with Gasteiger partial charge in [-0.25, -0.2) is 0 Å². The van der Waals surface area contributed by atoms with Crippen molar-refractivity contribution in [3.05, 3.63) is 60.2 Å². The Morgan fingerprint density at radius 3 is 2.32 bits per heavy atom. The first-order chi connectivity index (χ1) is 10.7. The largest absolute Gasteiger partial charge is 0.378 e. The summed E-state index contributed by atoms with van der Waals surface area (Å²) in [5.74, 6) is 0. The second-order valence-electron chi connectivity index (χ2n) is 5.60. The molecule has 2 aromatic carbocycles. The summed E-state index contributed by atoms with van der Waals surface area (Å²) >= 11 is 0. The van der Waals surface area contributed by atoms with E-state index < -0.39 is 0 Å². The number of rotatable bonds is 6. The summed E-state index contributed by atoms with van der Waals surface area (Å²) in [5, 5.41) is 6.63. The average molecular weight is 295 g/mol. The Morgan fingerprint density at radius 2 is 1.73 bits per heavy atom. The third-order valence-electron chi connectivity index (χ3n) is 3.59. The van der Waals surface area contributed by atoms with E-state index in [1.807, 2.05) is 43.5 Å². The maximum atomic E-state index is 5.33. The zero-order chi connectivity index (χ0) is 15.4. The lowest BCUT2D eigenvalue weighted by Gasteiger charge is -2.18. The standard InChI is InChI=1S/C18H21N3O/c1-20(2)16-10-8-15(9-11-16)12-19-21(13-18-14-22-18)17-6-4-3-5-7-17/h3-12,18H,13-14H2,1-2H3/b19-12+. The minimum absolute atomic E-state index is 0.300. The summed E-state index contributed by atoms with van der Waals surface area (Å²) in [5.41, 5.74) is 3.35. The van der Waals surface area contributed by atoms with Gasteiger partial charge in [0, 0.05) is 19.8 Å². The van der Waals surface area contributed by atoms with Gasteiger partial charge in [0.2, 0.25) is 0 Å². The predicted molar refractivity (Wildman–Crippen MR) is 91.9 cm³/mol. The van der Waals surface area contributed by atoms with Gasteiger partial charge in [-0.2, -0.15) is 5.10 Å². The van der Waals surface area contributed by atoms with Gasteiger partial charge in [-0.3, -0.25) is 5.01 Å². The van der Waals surface area contributed by atoms with Crippen LogP contribution < -0.4 is 9.91 Å². The Hall–Kier alpha value is -2.33. The van der Waals surface area contributed by atoms with Gasteiger partial charge in [-0.05, 0) is 29.8 Å². The van der Waals surface area contributed by atoms with Crippen LogP contribution in [0.15, 0.2) is 59.7 Å². The van der Waals surface area contributed by atoms with Crippen LogP contribution in [0.3, 0.4) is 0 Å². The summed E-state index contributed by atoms with van der Waals surface area (Å²) in [7, 11) is 4.08. The molecule has 114 valence electrons. The van der Waals surface area contributed by atoms with E-state index in [1.165, 1.54) is 5.69 Å². The van der Waals surface area contributed by atoms with Crippen molar-refractivity contribution in [1.29, 1.82) is 0 Å². The number of benzene rings is 2. The summed E-state index contributed by atoms with van der Waals surface area (Å²) in [6.07, 6.45) is 2.20. The molecule has 1 saturated heterocycles. The maximum absolute atomic E-state index is 5.33. The number of nitrogens with zero attached hydrogens (tertiary/aromatic N) is 3. The van der Waals surface area contributed by atoms with Gasteiger partial charge in [0.25, 0.3) is 0 Å². The van der Waals surface area contributed by atoms with Crippen LogP contribution in [-0.2, 0) is 4.74 Å². The Kier molecular flexibility index (Phi) is 4.39. The minimum Gasteiger partial charge on any atom is -0.378 e. The zero-order valence-corrected chi connectivity index (χ0v) is 13.0. The molecule has 0 spiro atoms.